The molecule has 5 nitrogen and oxygen atoms in total. The highest BCUT2D eigenvalue weighted by Gasteiger charge is 2.65. The third-order valence-electron chi connectivity index (χ3n) is 9.66. The fraction of sp³-hybridized carbons (Fsp3) is 0.548. The van der Waals surface area contributed by atoms with Crippen LogP contribution in [0.4, 0.5) is 5.69 Å². The first-order valence-corrected chi connectivity index (χ1v) is 13.3. The van der Waals surface area contributed by atoms with Crippen LogP contribution >= 0.6 is 0 Å². The van der Waals surface area contributed by atoms with Crippen LogP contribution in [0, 0.1) is 34.5 Å². The standard InChI is InChI=1S/C31H37NO4/c1-30-18-26(20-5-8-22(32-2)9-6-20)29-24-12-10-23(34)17-21(24)7-11-25(29)27(30)13-15-31(30,14-4-16-33)28(35)19-36-3/h5-6,8-9,17,25-27,32-33H,7,10-13,15-16,18-19H2,1-3H3/t25-,26+,27-,30-,31+/m0/s1. The van der Waals surface area contributed by atoms with Gasteiger partial charge in [-0.3, -0.25) is 9.59 Å². The maximum atomic E-state index is 13.7. The zero-order valence-corrected chi connectivity index (χ0v) is 21.7. The maximum Gasteiger partial charge on any atom is 0.176 e. The van der Waals surface area contributed by atoms with Crippen molar-refractivity contribution in [1.29, 1.82) is 0 Å². The van der Waals surface area contributed by atoms with E-state index in [4.69, 9.17) is 4.74 Å². The van der Waals surface area contributed by atoms with Crippen molar-refractivity contribution in [1.82, 2.24) is 0 Å². The van der Waals surface area contributed by atoms with E-state index in [0.717, 1.165) is 37.8 Å². The van der Waals surface area contributed by atoms with Crippen molar-refractivity contribution in [2.45, 2.75) is 57.8 Å². The molecule has 4 aliphatic rings. The van der Waals surface area contributed by atoms with Crippen LogP contribution in [-0.4, -0.2) is 44.0 Å². The lowest BCUT2D eigenvalue weighted by Gasteiger charge is -2.54. The van der Waals surface area contributed by atoms with Crippen LogP contribution < -0.4 is 5.32 Å². The summed E-state index contributed by atoms with van der Waals surface area (Å²) in [6.45, 7) is 2.06. The first-order chi connectivity index (χ1) is 17.4. The number of hydrogen-bond donors (Lipinski definition) is 2. The van der Waals surface area contributed by atoms with Gasteiger partial charge in [-0.1, -0.05) is 36.5 Å². The summed E-state index contributed by atoms with van der Waals surface area (Å²) in [5, 5.41) is 12.8. The number of benzene rings is 1. The van der Waals surface area contributed by atoms with Crippen LogP contribution in [0.3, 0.4) is 0 Å². The molecule has 0 radical (unpaired) electrons. The van der Waals surface area contributed by atoms with Crippen LogP contribution in [0.25, 0.3) is 0 Å². The number of carbonyl (C=O) groups excluding carboxylic acids is 2. The van der Waals surface area contributed by atoms with E-state index in [1.54, 1.807) is 7.11 Å². The predicted molar refractivity (Wildman–Crippen MR) is 140 cm³/mol. The summed E-state index contributed by atoms with van der Waals surface area (Å²) < 4.78 is 5.33. The molecular formula is C31H37NO4. The number of aliphatic hydroxyl groups is 1. The van der Waals surface area contributed by atoms with Crippen LogP contribution in [-0.2, 0) is 14.3 Å². The van der Waals surface area contributed by atoms with E-state index < -0.39 is 5.41 Å². The number of Topliss-reactive ketones (excluding diaryl/α,β-unsaturated/α-hetero) is 1. The Morgan fingerprint density at radius 1 is 1.19 bits per heavy atom. The number of rotatable bonds is 5. The average molecular weight is 488 g/mol. The minimum absolute atomic E-state index is 0.0380. The molecule has 2 saturated carbocycles. The van der Waals surface area contributed by atoms with E-state index in [9.17, 15) is 14.7 Å². The van der Waals surface area contributed by atoms with Crippen molar-refractivity contribution in [3.05, 3.63) is 52.6 Å². The van der Waals surface area contributed by atoms with Crippen LogP contribution in [0.1, 0.15) is 63.4 Å². The lowest BCUT2D eigenvalue weighted by Crippen LogP contribution is -2.51. The second-order valence-corrected chi connectivity index (χ2v) is 11.1. The van der Waals surface area contributed by atoms with E-state index in [2.05, 4.69) is 48.3 Å². The van der Waals surface area contributed by atoms with Crippen LogP contribution in [0.5, 0.6) is 0 Å². The van der Waals surface area contributed by atoms with Gasteiger partial charge >= 0.3 is 0 Å². The van der Waals surface area contributed by atoms with Crippen LogP contribution in [0.2, 0.25) is 0 Å². The fourth-order valence-corrected chi connectivity index (χ4v) is 8.05. The second-order valence-electron chi connectivity index (χ2n) is 11.1. The zero-order chi connectivity index (χ0) is 25.5. The number of ether oxygens (including phenoxy) is 1. The van der Waals surface area contributed by atoms with Gasteiger partial charge in [0.15, 0.2) is 11.6 Å². The van der Waals surface area contributed by atoms with Gasteiger partial charge in [0.1, 0.15) is 13.2 Å². The first-order valence-electron chi connectivity index (χ1n) is 13.3. The molecule has 5 rings (SSSR count). The minimum Gasteiger partial charge on any atom is -0.388 e. The van der Waals surface area contributed by atoms with Gasteiger partial charge in [0.05, 0.1) is 5.41 Å². The summed E-state index contributed by atoms with van der Waals surface area (Å²) in [6.07, 6.45) is 7.70. The lowest BCUT2D eigenvalue weighted by molar-refractivity contribution is -0.136. The van der Waals surface area contributed by atoms with E-state index in [-0.39, 0.29) is 36.1 Å². The summed E-state index contributed by atoms with van der Waals surface area (Å²) in [5.74, 6) is 7.33. The van der Waals surface area contributed by atoms with Gasteiger partial charge in [0, 0.05) is 32.2 Å². The summed E-state index contributed by atoms with van der Waals surface area (Å²) in [4.78, 5) is 26.0. The molecule has 0 spiro atoms. The number of hydrogen-bond acceptors (Lipinski definition) is 5. The van der Waals surface area contributed by atoms with Gasteiger partial charge in [0.2, 0.25) is 0 Å². The molecule has 2 fully saturated rings. The quantitative estimate of drug-likeness (QED) is 0.582. The largest absolute Gasteiger partial charge is 0.388 e. The Bertz CT molecular complexity index is 1180. The van der Waals surface area contributed by atoms with Crippen molar-refractivity contribution in [3.63, 3.8) is 0 Å². The molecule has 5 heteroatoms. The van der Waals surface area contributed by atoms with Gasteiger partial charge in [-0.15, -0.1) is 0 Å². The normalized spacial score (nSPS) is 33.1. The van der Waals surface area contributed by atoms with Gasteiger partial charge < -0.3 is 15.2 Å². The summed E-state index contributed by atoms with van der Waals surface area (Å²) in [5.41, 5.74) is 5.31. The van der Waals surface area contributed by atoms with Gasteiger partial charge in [-0.25, -0.2) is 0 Å². The molecule has 0 heterocycles. The zero-order valence-electron chi connectivity index (χ0n) is 21.7. The van der Waals surface area contributed by atoms with E-state index in [1.165, 1.54) is 22.3 Å². The summed E-state index contributed by atoms with van der Waals surface area (Å²) in [6, 6.07) is 8.67. The van der Waals surface area contributed by atoms with Gasteiger partial charge in [-0.05, 0) is 90.7 Å². The number of anilines is 1. The molecule has 2 N–H and O–H groups in total. The molecule has 36 heavy (non-hydrogen) atoms. The first kappa shape index (κ1) is 25.0. The number of aliphatic hydroxyl groups excluding tert-OH is 1. The van der Waals surface area contributed by atoms with E-state index in [1.807, 2.05) is 13.1 Å². The smallest absolute Gasteiger partial charge is 0.176 e. The summed E-state index contributed by atoms with van der Waals surface area (Å²) >= 11 is 0. The third kappa shape index (κ3) is 3.78. The van der Waals surface area contributed by atoms with Gasteiger partial charge in [-0.2, -0.15) is 0 Å². The maximum absolute atomic E-state index is 13.7. The van der Waals surface area contributed by atoms with E-state index >= 15 is 0 Å². The molecule has 4 aliphatic carbocycles. The molecule has 0 unspecified atom stereocenters. The Morgan fingerprint density at radius 2 is 1.97 bits per heavy atom. The number of nitrogens with one attached hydrogen (secondary N) is 1. The molecule has 0 amide bonds. The van der Waals surface area contributed by atoms with E-state index in [0.29, 0.717) is 24.7 Å². The highest BCUT2D eigenvalue weighted by molar-refractivity contribution is 5.93. The predicted octanol–water partition coefficient (Wildman–Crippen LogP) is 4.83. The Hall–Kier alpha value is -2.68. The Morgan fingerprint density at radius 3 is 2.67 bits per heavy atom. The van der Waals surface area contributed by atoms with Crippen LogP contribution in [0.15, 0.2) is 47.1 Å². The fourth-order valence-electron chi connectivity index (χ4n) is 8.05. The minimum atomic E-state index is -0.825. The number of ketones is 2. The Balaban J connectivity index is 1.69. The molecule has 1 aromatic carbocycles. The monoisotopic (exact) mass is 487 g/mol. The number of methoxy groups -OCH3 is 1. The molecule has 0 aromatic heterocycles. The Kier molecular flexibility index (Phi) is 6.70. The molecule has 0 saturated heterocycles. The van der Waals surface area contributed by atoms with Crippen molar-refractivity contribution < 1.29 is 19.4 Å². The topological polar surface area (TPSA) is 75.6 Å². The van der Waals surface area contributed by atoms with Crippen molar-refractivity contribution in [3.8, 4) is 11.8 Å². The van der Waals surface area contributed by atoms with Crippen molar-refractivity contribution in [2.24, 2.45) is 22.7 Å². The third-order valence-corrected chi connectivity index (χ3v) is 9.66. The molecule has 0 bridgehead atoms. The molecule has 190 valence electrons. The Labute approximate surface area is 214 Å². The lowest BCUT2D eigenvalue weighted by atomic mass is 9.48. The summed E-state index contributed by atoms with van der Waals surface area (Å²) in [7, 11) is 3.49. The second kappa shape index (κ2) is 9.65. The number of carbonyl (C=O) groups is 2. The molecular weight excluding hydrogens is 450 g/mol. The highest BCUT2D eigenvalue weighted by Crippen LogP contribution is 2.69. The molecule has 5 atom stereocenters. The van der Waals surface area contributed by atoms with Crippen molar-refractivity contribution in [2.75, 3.05) is 32.7 Å². The van der Waals surface area contributed by atoms with Crippen molar-refractivity contribution >= 4 is 17.3 Å². The van der Waals surface area contributed by atoms with Gasteiger partial charge in [0.25, 0.3) is 0 Å². The number of allylic oxidation sites excluding steroid dienone is 4. The highest BCUT2D eigenvalue weighted by atomic mass is 16.5. The number of fused-ring (bicyclic) bond motifs is 4. The molecule has 0 aliphatic heterocycles. The molecule has 1 aromatic rings. The SMILES string of the molecule is CNc1ccc([C@H]2C[C@@]3(C)[C@@H](CC[C@]3(C#CCO)C(=O)COC)[C@@H]3CCC4=CC(=O)CCC4=C32)cc1. The average Bonchev–Trinajstić information content (AvgIpc) is 3.19.